The maximum atomic E-state index is 12.9. The molecular formula is C17H15FN2O3. The summed E-state index contributed by atoms with van der Waals surface area (Å²) in [5, 5.41) is 2.52. The van der Waals surface area contributed by atoms with Gasteiger partial charge in [0, 0.05) is 23.4 Å². The van der Waals surface area contributed by atoms with Crippen LogP contribution in [0.15, 0.2) is 35.1 Å². The number of carbonyl (C=O) groups is 2. The van der Waals surface area contributed by atoms with E-state index in [1.54, 1.807) is 0 Å². The quantitative estimate of drug-likeness (QED) is 0.894. The maximum absolute atomic E-state index is 12.9. The number of Topliss-reactive ketones (excluding diaryl/α,β-unsaturated/α-hetero) is 1. The largest absolute Gasteiger partial charge is 0.325 e. The normalized spacial score (nSPS) is 16.8. The van der Waals surface area contributed by atoms with Gasteiger partial charge >= 0.3 is 0 Å². The number of fused-ring (bicyclic) bond motifs is 1. The second-order valence-electron chi connectivity index (χ2n) is 5.80. The van der Waals surface area contributed by atoms with Crippen molar-refractivity contribution in [1.82, 2.24) is 4.98 Å². The molecule has 3 rings (SSSR count). The molecule has 0 aliphatic heterocycles. The number of hydrogen-bond donors (Lipinski definition) is 2. The molecule has 0 spiro atoms. The number of carbonyl (C=O) groups excluding carboxylic acids is 2. The fraction of sp³-hybridized carbons (Fsp3) is 0.235. The van der Waals surface area contributed by atoms with Gasteiger partial charge in [0.05, 0.1) is 0 Å². The van der Waals surface area contributed by atoms with Crippen LogP contribution in [0.2, 0.25) is 0 Å². The fourth-order valence-corrected chi connectivity index (χ4v) is 2.73. The van der Waals surface area contributed by atoms with Crippen LogP contribution in [0.5, 0.6) is 0 Å². The summed E-state index contributed by atoms with van der Waals surface area (Å²) in [6.07, 6.45) is 1.01. The number of rotatable bonds is 2. The average molecular weight is 314 g/mol. The van der Waals surface area contributed by atoms with Crippen LogP contribution in [0.1, 0.15) is 39.8 Å². The minimum absolute atomic E-state index is 0.0779. The van der Waals surface area contributed by atoms with Gasteiger partial charge in [-0.3, -0.25) is 14.4 Å². The lowest BCUT2D eigenvalue weighted by molar-refractivity contribution is 0.0952. The molecule has 2 N–H and O–H groups in total. The van der Waals surface area contributed by atoms with Gasteiger partial charge in [-0.2, -0.15) is 0 Å². The number of H-pyrrole nitrogens is 1. The number of pyridine rings is 1. The third-order valence-electron chi connectivity index (χ3n) is 3.86. The summed E-state index contributed by atoms with van der Waals surface area (Å²) in [4.78, 5) is 39.1. The highest BCUT2D eigenvalue weighted by Gasteiger charge is 2.25. The number of aromatic amines is 1. The molecule has 0 bridgehead atoms. The third-order valence-corrected chi connectivity index (χ3v) is 3.86. The second-order valence-corrected chi connectivity index (χ2v) is 5.80. The number of nitrogens with one attached hydrogen (secondary N) is 2. The summed E-state index contributed by atoms with van der Waals surface area (Å²) in [6.45, 7) is 1.94. The fourth-order valence-electron chi connectivity index (χ4n) is 2.73. The molecule has 0 fully saturated rings. The Morgan fingerprint density at radius 2 is 1.91 bits per heavy atom. The molecule has 118 valence electrons. The van der Waals surface area contributed by atoms with Crippen molar-refractivity contribution in [3.05, 3.63) is 63.3 Å². The predicted octanol–water partition coefficient (Wildman–Crippen LogP) is 2.53. The van der Waals surface area contributed by atoms with E-state index in [1.807, 2.05) is 6.92 Å². The SMILES string of the molecule is CC1CC(=O)c2cc(C(=O)Nc3ccc(F)cc3)c(=O)[nH]c2C1. The van der Waals surface area contributed by atoms with Gasteiger partial charge in [-0.15, -0.1) is 0 Å². The Morgan fingerprint density at radius 1 is 1.22 bits per heavy atom. The second kappa shape index (κ2) is 5.79. The van der Waals surface area contributed by atoms with Gasteiger partial charge in [0.2, 0.25) is 0 Å². The van der Waals surface area contributed by atoms with Crippen molar-refractivity contribution >= 4 is 17.4 Å². The molecule has 1 aromatic carbocycles. The minimum atomic E-state index is -0.632. The van der Waals surface area contributed by atoms with Crippen LogP contribution in [0, 0.1) is 11.7 Å². The summed E-state index contributed by atoms with van der Waals surface area (Å²) in [6, 6.07) is 6.55. The Bertz CT molecular complexity index is 840. The molecule has 1 aliphatic carbocycles. The van der Waals surface area contributed by atoms with Crippen LogP contribution >= 0.6 is 0 Å². The highest BCUT2D eigenvalue weighted by molar-refractivity contribution is 6.06. The van der Waals surface area contributed by atoms with Crippen molar-refractivity contribution in [2.45, 2.75) is 19.8 Å². The zero-order chi connectivity index (χ0) is 16.6. The number of ketones is 1. The Labute approximate surface area is 131 Å². The van der Waals surface area contributed by atoms with Gasteiger partial charge in [0.15, 0.2) is 5.78 Å². The van der Waals surface area contributed by atoms with E-state index in [0.717, 1.165) is 0 Å². The van der Waals surface area contributed by atoms with Crippen LogP contribution in [-0.2, 0) is 6.42 Å². The molecule has 1 heterocycles. The Hall–Kier alpha value is -2.76. The molecule has 0 saturated heterocycles. The first-order valence-corrected chi connectivity index (χ1v) is 7.30. The molecule has 1 amide bonds. The molecule has 1 aromatic heterocycles. The molecule has 2 aromatic rings. The molecule has 1 atom stereocenters. The van der Waals surface area contributed by atoms with Crippen LogP contribution in [-0.4, -0.2) is 16.7 Å². The molecular weight excluding hydrogens is 299 g/mol. The summed E-state index contributed by atoms with van der Waals surface area (Å²) in [5.41, 5.74) is 0.679. The average Bonchev–Trinajstić information content (AvgIpc) is 2.48. The van der Waals surface area contributed by atoms with E-state index >= 15 is 0 Å². The van der Waals surface area contributed by atoms with Crippen LogP contribution < -0.4 is 10.9 Å². The summed E-state index contributed by atoms with van der Waals surface area (Å²) in [7, 11) is 0. The lowest BCUT2D eigenvalue weighted by atomic mass is 9.86. The van der Waals surface area contributed by atoms with Crippen molar-refractivity contribution < 1.29 is 14.0 Å². The lowest BCUT2D eigenvalue weighted by Gasteiger charge is -2.20. The number of aromatic nitrogens is 1. The van der Waals surface area contributed by atoms with Crippen molar-refractivity contribution in [2.75, 3.05) is 5.32 Å². The maximum Gasteiger partial charge on any atom is 0.261 e. The van der Waals surface area contributed by atoms with Crippen LogP contribution in [0.25, 0.3) is 0 Å². The van der Waals surface area contributed by atoms with E-state index in [0.29, 0.717) is 29.8 Å². The smallest absolute Gasteiger partial charge is 0.261 e. The van der Waals surface area contributed by atoms with Gasteiger partial charge in [-0.05, 0) is 42.7 Å². The number of amides is 1. The minimum Gasteiger partial charge on any atom is -0.325 e. The summed E-state index contributed by atoms with van der Waals surface area (Å²) in [5.74, 6) is -0.961. The standard InChI is InChI=1S/C17H15FN2O3/c1-9-6-14-12(15(21)7-9)8-13(17(23)20-14)16(22)19-11-4-2-10(18)3-5-11/h2-5,8-9H,6-7H2,1H3,(H,19,22)(H,20,23). The van der Waals surface area contributed by atoms with Crippen LogP contribution in [0.4, 0.5) is 10.1 Å². The zero-order valence-corrected chi connectivity index (χ0v) is 12.5. The summed E-state index contributed by atoms with van der Waals surface area (Å²) < 4.78 is 12.9. The van der Waals surface area contributed by atoms with Crippen molar-refractivity contribution in [3.8, 4) is 0 Å². The zero-order valence-electron chi connectivity index (χ0n) is 12.5. The Morgan fingerprint density at radius 3 is 2.61 bits per heavy atom. The van der Waals surface area contributed by atoms with Crippen molar-refractivity contribution in [3.63, 3.8) is 0 Å². The molecule has 5 nitrogen and oxygen atoms in total. The van der Waals surface area contributed by atoms with Crippen LogP contribution in [0.3, 0.4) is 0 Å². The highest BCUT2D eigenvalue weighted by Crippen LogP contribution is 2.23. The van der Waals surface area contributed by atoms with E-state index in [-0.39, 0.29) is 17.3 Å². The lowest BCUT2D eigenvalue weighted by Crippen LogP contribution is -2.29. The summed E-state index contributed by atoms with van der Waals surface area (Å²) >= 11 is 0. The van der Waals surface area contributed by atoms with E-state index in [1.165, 1.54) is 30.3 Å². The number of anilines is 1. The Balaban J connectivity index is 1.92. The molecule has 6 heteroatoms. The molecule has 1 unspecified atom stereocenters. The highest BCUT2D eigenvalue weighted by atomic mass is 19.1. The molecule has 0 saturated carbocycles. The van der Waals surface area contributed by atoms with E-state index in [2.05, 4.69) is 10.3 Å². The third kappa shape index (κ3) is 3.06. The van der Waals surface area contributed by atoms with Crippen molar-refractivity contribution in [1.29, 1.82) is 0 Å². The van der Waals surface area contributed by atoms with Gasteiger partial charge < -0.3 is 10.3 Å². The Kier molecular flexibility index (Phi) is 3.82. The van der Waals surface area contributed by atoms with Gasteiger partial charge in [-0.1, -0.05) is 6.92 Å². The van der Waals surface area contributed by atoms with Gasteiger partial charge in [0.25, 0.3) is 11.5 Å². The van der Waals surface area contributed by atoms with Gasteiger partial charge in [-0.25, -0.2) is 4.39 Å². The predicted molar refractivity (Wildman–Crippen MR) is 83.2 cm³/mol. The van der Waals surface area contributed by atoms with E-state index in [9.17, 15) is 18.8 Å². The molecule has 0 radical (unpaired) electrons. The molecule has 1 aliphatic rings. The topological polar surface area (TPSA) is 79.0 Å². The first-order valence-electron chi connectivity index (χ1n) is 7.30. The van der Waals surface area contributed by atoms with Crippen molar-refractivity contribution in [2.24, 2.45) is 5.92 Å². The first-order chi connectivity index (χ1) is 10.9. The van der Waals surface area contributed by atoms with E-state index < -0.39 is 17.3 Å². The van der Waals surface area contributed by atoms with E-state index in [4.69, 9.17) is 0 Å². The molecule has 23 heavy (non-hydrogen) atoms. The number of benzene rings is 1. The monoisotopic (exact) mass is 314 g/mol. The number of hydrogen-bond acceptors (Lipinski definition) is 3. The number of halogens is 1. The van der Waals surface area contributed by atoms with Gasteiger partial charge in [0.1, 0.15) is 11.4 Å². The first kappa shape index (κ1) is 15.1.